The first-order valence-corrected chi connectivity index (χ1v) is 16.1. The molecule has 0 bridgehead atoms. The van der Waals surface area contributed by atoms with Crippen molar-refractivity contribution in [1.82, 2.24) is 15.5 Å². The zero-order chi connectivity index (χ0) is 33.0. The zero-order valence-electron chi connectivity index (χ0n) is 24.6. The van der Waals surface area contributed by atoms with Gasteiger partial charge in [-0.1, -0.05) is 30.1 Å². The average molecular weight is 684 g/mol. The fourth-order valence-electron chi connectivity index (χ4n) is 4.67. The molecule has 2 amide bonds. The number of halogens is 5. The minimum absolute atomic E-state index is 0.0480. The fraction of sp³-hybridized carbons (Fsp3) is 0.500. The van der Waals surface area contributed by atoms with Crippen LogP contribution in [0.3, 0.4) is 0 Å². The number of nitrogen functional groups attached to an aromatic ring is 1. The minimum atomic E-state index is -5.12. The summed E-state index contributed by atoms with van der Waals surface area (Å²) in [5.41, 5.74) is 4.84. The molecule has 244 valence electrons. The summed E-state index contributed by atoms with van der Waals surface area (Å²) in [6.07, 6.45) is -4.47. The number of likely N-dealkylation sites (tertiary alicyclic amines) is 1. The van der Waals surface area contributed by atoms with Gasteiger partial charge in [0, 0.05) is 36.3 Å². The van der Waals surface area contributed by atoms with Crippen molar-refractivity contribution in [1.29, 1.82) is 0 Å². The molecule has 4 N–H and O–H groups in total. The Morgan fingerprint density at radius 1 is 1.16 bits per heavy atom. The van der Waals surface area contributed by atoms with Gasteiger partial charge in [-0.15, -0.1) is 13.2 Å². The van der Waals surface area contributed by atoms with Gasteiger partial charge in [-0.2, -0.15) is 0 Å². The van der Waals surface area contributed by atoms with E-state index in [9.17, 15) is 31.2 Å². The van der Waals surface area contributed by atoms with E-state index in [1.807, 2.05) is 0 Å². The number of alkyl halides is 3. The van der Waals surface area contributed by atoms with E-state index in [2.05, 4.69) is 15.4 Å². The van der Waals surface area contributed by atoms with E-state index < -0.39 is 45.1 Å². The summed E-state index contributed by atoms with van der Waals surface area (Å²) in [6, 6.07) is 4.59. The van der Waals surface area contributed by atoms with Crippen molar-refractivity contribution < 1.29 is 40.7 Å². The van der Waals surface area contributed by atoms with Crippen molar-refractivity contribution in [3.63, 3.8) is 0 Å². The molecule has 2 aromatic carbocycles. The first-order chi connectivity index (χ1) is 20.3. The standard InChI is InChI=1S/C28H35Cl2F3N4O6S/c1-5-44(40,41)22-9-8-17(29)11-16(22)13-35-25(38)19-12-21(42-28(31,32)33)20(23(30)24(19)34)15-37-10-6-7-18(14-37)36-26(39)43-27(2,3)4/h8-9,11-12,18H,5-7,10,13-15,34H2,1-4H3,(H,35,38)(H,36,39)/t18-/m0/s1. The van der Waals surface area contributed by atoms with Crippen LogP contribution in [0.5, 0.6) is 5.75 Å². The quantitative estimate of drug-likeness (QED) is 0.287. The average Bonchev–Trinajstić information content (AvgIpc) is 2.89. The van der Waals surface area contributed by atoms with E-state index in [0.717, 1.165) is 6.07 Å². The number of piperidine rings is 1. The van der Waals surface area contributed by atoms with Crippen molar-refractivity contribution in [2.45, 2.75) is 76.5 Å². The molecule has 0 radical (unpaired) electrons. The van der Waals surface area contributed by atoms with Gasteiger partial charge < -0.3 is 25.8 Å². The molecule has 0 aliphatic carbocycles. The molecular weight excluding hydrogens is 648 g/mol. The van der Waals surface area contributed by atoms with Gasteiger partial charge in [0.15, 0.2) is 9.84 Å². The Morgan fingerprint density at radius 3 is 2.45 bits per heavy atom. The van der Waals surface area contributed by atoms with Gasteiger partial charge in [0.1, 0.15) is 11.4 Å². The molecule has 44 heavy (non-hydrogen) atoms. The van der Waals surface area contributed by atoms with Crippen LogP contribution in [-0.2, 0) is 27.7 Å². The van der Waals surface area contributed by atoms with Crippen molar-refractivity contribution in [2.24, 2.45) is 0 Å². The topological polar surface area (TPSA) is 140 Å². The molecule has 1 fully saturated rings. The molecular formula is C28H35Cl2F3N4O6S. The number of anilines is 1. The van der Waals surface area contributed by atoms with E-state index >= 15 is 0 Å². The van der Waals surface area contributed by atoms with Gasteiger partial charge in [0.25, 0.3) is 5.91 Å². The number of carbonyl (C=O) groups is 2. The lowest BCUT2D eigenvalue weighted by molar-refractivity contribution is -0.275. The van der Waals surface area contributed by atoms with Gasteiger partial charge in [0.05, 0.1) is 26.9 Å². The van der Waals surface area contributed by atoms with Gasteiger partial charge >= 0.3 is 12.5 Å². The Labute approximate surface area is 264 Å². The summed E-state index contributed by atoms with van der Waals surface area (Å²) in [6.45, 7) is 6.97. The Hall–Kier alpha value is -2.94. The number of ether oxygens (including phenoxy) is 2. The van der Waals surface area contributed by atoms with E-state index in [1.165, 1.54) is 25.1 Å². The molecule has 16 heteroatoms. The van der Waals surface area contributed by atoms with Crippen LogP contribution in [0, 0.1) is 0 Å². The summed E-state index contributed by atoms with van der Waals surface area (Å²) in [7, 11) is -3.67. The fourth-order valence-corrected chi connectivity index (χ4v) is 6.23. The normalized spacial score (nSPS) is 16.3. The SMILES string of the molecule is CCS(=O)(=O)c1ccc(Cl)cc1CNC(=O)c1cc(OC(F)(F)F)c(CN2CCC[C@H](NC(=O)OC(C)(C)C)C2)c(Cl)c1N. The number of nitrogens with zero attached hydrogens (tertiary/aromatic N) is 1. The van der Waals surface area contributed by atoms with Crippen molar-refractivity contribution in [2.75, 3.05) is 24.6 Å². The van der Waals surface area contributed by atoms with Gasteiger partial charge in [0.2, 0.25) is 0 Å². The van der Waals surface area contributed by atoms with E-state index in [1.54, 1.807) is 25.7 Å². The Bertz CT molecular complexity index is 1500. The largest absolute Gasteiger partial charge is 0.573 e. The second-order valence-corrected chi connectivity index (χ2v) is 14.3. The van der Waals surface area contributed by atoms with Crippen LogP contribution < -0.4 is 21.1 Å². The Balaban J connectivity index is 1.87. The van der Waals surface area contributed by atoms with Crippen molar-refractivity contribution >= 4 is 50.7 Å². The molecule has 2 aromatic rings. The number of hydrogen-bond donors (Lipinski definition) is 3. The van der Waals surface area contributed by atoms with Crippen molar-refractivity contribution in [3.8, 4) is 5.75 Å². The van der Waals surface area contributed by atoms with Crippen LogP contribution in [0.1, 0.15) is 62.0 Å². The number of nitrogens with two attached hydrogens (primary N) is 1. The maximum atomic E-state index is 13.5. The lowest BCUT2D eigenvalue weighted by Crippen LogP contribution is -2.48. The van der Waals surface area contributed by atoms with Gasteiger partial charge in [-0.25, -0.2) is 13.2 Å². The number of nitrogens with one attached hydrogen (secondary N) is 2. The molecule has 1 atom stereocenters. The van der Waals surface area contributed by atoms with Crippen LogP contribution in [0.2, 0.25) is 10.0 Å². The third kappa shape index (κ3) is 9.78. The highest BCUT2D eigenvalue weighted by Gasteiger charge is 2.35. The Morgan fingerprint density at radius 2 is 1.84 bits per heavy atom. The molecule has 1 aliphatic rings. The molecule has 1 saturated heterocycles. The third-order valence-corrected chi connectivity index (χ3v) is 9.12. The molecule has 0 unspecified atom stereocenters. The van der Waals surface area contributed by atoms with E-state index in [4.69, 9.17) is 33.7 Å². The second kappa shape index (κ2) is 14.0. The smallest absolute Gasteiger partial charge is 0.444 e. The summed E-state index contributed by atoms with van der Waals surface area (Å²) >= 11 is 12.5. The lowest BCUT2D eigenvalue weighted by atomic mass is 10.0. The minimum Gasteiger partial charge on any atom is -0.444 e. The molecule has 0 spiro atoms. The zero-order valence-corrected chi connectivity index (χ0v) is 26.9. The Kier molecular flexibility index (Phi) is 11.3. The molecule has 3 rings (SSSR count). The number of rotatable bonds is 9. The maximum absolute atomic E-state index is 13.5. The third-order valence-electron chi connectivity index (χ3n) is 6.62. The molecule has 1 heterocycles. The molecule has 0 saturated carbocycles. The van der Waals surface area contributed by atoms with Gasteiger partial charge in [-0.05, 0) is 70.0 Å². The van der Waals surface area contributed by atoms with Crippen LogP contribution >= 0.6 is 23.2 Å². The monoisotopic (exact) mass is 682 g/mol. The van der Waals surface area contributed by atoms with E-state index in [0.29, 0.717) is 19.4 Å². The summed E-state index contributed by atoms with van der Waals surface area (Å²) in [5, 5.41) is 5.16. The summed E-state index contributed by atoms with van der Waals surface area (Å²) in [4.78, 5) is 27.1. The van der Waals surface area contributed by atoms with Gasteiger partial charge in [-0.3, -0.25) is 9.69 Å². The number of alkyl carbamates (subject to hydrolysis) is 1. The highest BCUT2D eigenvalue weighted by Crippen LogP contribution is 2.39. The van der Waals surface area contributed by atoms with Crippen LogP contribution in [-0.4, -0.2) is 62.2 Å². The summed E-state index contributed by atoms with van der Waals surface area (Å²) in [5.74, 6) is -1.84. The number of amides is 2. The first-order valence-electron chi connectivity index (χ1n) is 13.7. The van der Waals surface area contributed by atoms with Crippen LogP contribution in [0.25, 0.3) is 0 Å². The lowest BCUT2D eigenvalue weighted by Gasteiger charge is -2.34. The summed E-state index contributed by atoms with van der Waals surface area (Å²) < 4.78 is 75.0. The predicted molar refractivity (Wildman–Crippen MR) is 161 cm³/mol. The number of benzene rings is 2. The predicted octanol–water partition coefficient (Wildman–Crippen LogP) is 5.69. The molecule has 1 aliphatic heterocycles. The number of carbonyl (C=O) groups excluding carboxylic acids is 2. The first kappa shape index (κ1) is 35.5. The highest BCUT2D eigenvalue weighted by atomic mass is 35.5. The number of sulfone groups is 1. The maximum Gasteiger partial charge on any atom is 0.573 e. The molecule has 10 nitrogen and oxygen atoms in total. The van der Waals surface area contributed by atoms with Crippen LogP contribution in [0.15, 0.2) is 29.2 Å². The van der Waals surface area contributed by atoms with E-state index in [-0.39, 0.29) is 63.2 Å². The van der Waals surface area contributed by atoms with Crippen LogP contribution in [0.4, 0.5) is 23.7 Å². The second-order valence-electron chi connectivity index (χ2n) is 11.2. The number of hydrogen-bond acceptors (Lipinski definition) is 8. The highest BCUT2D eigenvalue weighted by molar-refractivity contribution is 7.91. The molecule has 0 aromatic heterocycles. The van der Waals surface area contributed by atoms with Crippen molar-refractivity contribution in [3.05, 3.63) is 51.0 Å².